The zero-order valence-corrected chi connectivity index (χ0v) is 18.4. The Morgan fingerprint density at radius 2 is 2.00 bits per heavy atom. The predicted octanol–water partition coefficient (Wildman–Crippen LogP) is 5.93. The highest BCUT2D eigenvalue weighted by molar-refractivity contribution is 9.10. The van der Waals surface area contributed by atoms with Gasteiger partial charge in [0.1, 0.15) is 11.6 Å². The number of aromatic nitrogens is 1. The Balaban J connectivity index is 1.22. The Morgan fingerprint density at radius 3 is 2.89 bits per heavy atom. The fourth-order valence-corrected chi connectivity index (χ4v) is 4.93. The van der Waals surface area contributed by atoms with Gasteiger partial charge in [0.05, 0.1) is 11.3 Å². The van der Waals surface area contributed by atoms with E-state index >= 15 is 0 Å². The molecule has 2 heterocycles. The average Bonchev–Trinajstić information content (AvgIpc) is 3.11. The van der Waals surface area contributed by atoms with Gasteiger partial charge in [-0.3, -0.25) is 4.90 Å². The third-order valence-corrected chi connectivity index (χ3v) is 6.37. The maximum absolute atomic E-state index is 5.98. The maximum atomic E-state index is 5.98. The number of ether oxygens (including phenoxy) is 1. The summed E-state index contributed by atoms with van der Waals surface area (Å²) >= 11 is 5.04. The topological polar surface area (TPSA) is 37.4 Å². The van der Waals surface area contributed by atoms with Crippen molar-refractivity contribution in [2.24, 2.45) is 0 Å². The van der Waals surface area contributed by atoms with E-state index in [1.54, 1.807) is 0 Å². The molecule has 0 amide bonds. The van der Waals surface area contributed by atoms with Crippen molar-refractivity contribution in [3.05, 3.63) is 52.5 Å². The van der Waals surface area contributed by atoms with Crippen molar-refractivity contribution in [1.29, 1.82) is 0 Å². The minimum absolute atomic E-state index is 0.702. The number of piperidine rings is 1. The lowest BCUT2D eigenvalue weighted by molar-refractivity contribution is 0.220. The van der Waals surface area contributed by atoms with Crippen molar-refractivity contribution in [1.82, 2.24) is 9.27 Å². The molecule has 0 aliphatic carbocycles. The molecule has 4 rings (SSSR count). The molecular formula is C22H26BrN3OS. The number of benzene rings is 2. The molecule has 1 aromatic heterocycles. The molecule has 1 fully saturated rings. The van der Waals surface area contributed by atoms with Crippen LogP contribution in [0.15, 0.2) is 46.9 Å². The average molecular weight is 460 g/mol. The molecule has 28 heavy (non-hydrogen) atoms. The van der Waals surface area contributed by atoms with E-state index in [-0.39, 0.29) is 0 Å². The first kappa shape index (κ1) is 19.7. The fraction of sp³-hybridized carbons (Fsp3) is 0.409. The van der Waals surface area contributed by atoms with Crippen molar-refractivity contribution < 1.29 is 4.74 Å². The molecule has 1 aliphatic heterocycles. The molecule has 6 heteroatoms. The molecule has 0 unspecified atom stereocenters. The lowest BCUT2D eigenvalue weighted by Crippen LogP contribution is -2.29. The van der Waals surface area contributed by atoms with Gasteiger partial charge in [-0.15, -0.1) is 0 Å². The number of nitrogens with zero attached hydrogens (tertiary/aromatic N) is 2. The van der Waals surface area contributed by atoms with Crippen molar-refractivity contribution >= 4 is 43.4 Å². The second-order valence-corrected chi connectivity index (χ2v) is 9.01. The second-order valence-electron chi connectivity index (χ2n) is 7.28. The largest absolute Gasteiger partial charge is 0.494 e. The molecule has 3 aromatic rings. The lowest BCUT2D eigenvalue weighted by Gasteiger charge is -2.26. The van der Waals surface area contributed by atoms with E-state index in [1.807, 2.05) is 0 Å². The van der Waals surface area contributed by atoms with Crippen LogP contribution in [0.4, 0.5) is 5.82 Å². The first-order chi connectivity index (χ1) is 13.8. The quantitative estimate of drug-likeness (QED) is 0.423. The van der Waals surface area contributed by atoms with Crippen LogP contribution in [0.2, 0.25) is 0 Å². The SMILES string of the molecule is Brc1ccc2c(NCCCOc3cccc(CN4CCCCC4)c3)nsc2c1. The minimum atomic E-state index is 0.702. The van der Waals surface area contributed by atoms with Gasteiger partial charge in [-0.25, -0.2) is 0 Å². The third kappa shape index (κ3) is 5.25. The van der Waals surface area contributed by atoms with Gasteiger partial charge in [0, 0.05) is 22.9 Å². The number of nitrogens with one attached hydrogen (secondary N) is 1. The molecule has 0 saturated carbocycles. The summed E-state index contributed by atoms with van der Waals surface area (Å²) in [5, 5.41) is 4.62. The standard InChI is InChI=1S/C22H26BrN3OS/c23-18-8-9-20-21(15-18)28-25-22(20)24-10-5-13-27-19-7-4-6-17(14-19)16-26-11-2-1-3-12-26/h4,6-9,14-15H,1-3,5,10-13,16H2,(H,24,25). The van der Waals surface area contributed by atoms with Crippen molar-refractivity contribution in [3.8, 4) is 5.75 Å². The van der Waals surface area contributed by atoms with Gasteiger partial charge in [-0.05, 0) is 79.8 Å². The summed E-state index contributed by atoms with van der Waals surface area (Å²) in [5.74, 6) is 1.94. The highest BCUT2D eigenvalue weighted by Crippen LogP contribution is 2.29. The van der Waals surface area contributed by atoms with Gasteiger partial charge in [-0.1, -0.05) is 34.5 Å². The highest BCUT2D eigenvalue weighted by atomic mass is 79.9. The third-order valence-electron chi connectivity index (χ3n) is 5.07. The molecule has 4 nitrogen and oxygen atoms in total. The number of hydrogen-bond donors (Lipinski definition) is 1. The minimum Gasteiger partial charge on any atom is -0.494 e. The molecule has 1 aliphatic rings. The Kier molecular flexibility index (Phi) is 6.83. The monoisotopic (exact) mass is 459 g/mol. The van der Waals surface area contributed by atoms with Gasteiger partial charge in [0.25, 0.3) is 0 Å². The summed E-state index contributed by atoms with van der Waals surface area (Å²) in [6, 6.07) is 14.8. The van der Waals surface area contributed by atoms with E-state index < -0.39 is 0 Å². The van der Waals surface area contributed by atoms with E-state index in [0.29, 0.717) is 6.61 Å². The molecule has 0 atom stereocenters. The summed E-state index contributed by atoms with van der Waals surface area (Å²) in [6.45, 7) is 5.03. The molecule has 1 N–H and O–H groups in total. The van der Waals surface area contributed by atoms with Crippen LogP contribution in [0.5, 0.6) is 5.75 Å². The zero-order valence-electron chi connectivity index (χ0n) is 16.0. The Bertz CT molecular complexity index is 908. The summed E-state index contributed by atoms with van der Waals surface area (Å²) in [6.07, 6.45) is 4.97. The first-order valence-electron chi connectivity index (χ1n) is 10.0. The summed E-state index contributed by atoms with van der Waals surface area (Å²) in [5.41, 5.74) is 1.35. The van der Waals surface area contributed by atoms with Crippen LogP contribution in [-0.2, 0) is 6.54 Å². The normalized spacial score (nSPS) is 15.0. The van der Waals surface area contributed by atoms with Gasteiger partial charge >= 0.3 is 0 Å². The Labute approximate surface area is 179 Å². The van der Waals surface area contributed by atoms with Gasteiger partial charge in [-0.2, -0.15) is 4.37 Å². The predicted molar refractivity (Wildman–Crippen MR) is 121 cm³/mol. The van der Waals surface area contributed by atoms with Crippen LogP contribution >= 0.6 is 27.5 Å². The van der Waals surface area contributed by atoms with Gasteiger partial charge in [0.2, 0.25) is 0 Å². The number of hydrogen-bond acceptors (Lipinski definition) is 5. The summed E-state index contributed by atoms with van der Waals surface area (Å²) < 4.78 is 12.8. The molecule has 2 aromatic carbocycles. The smallest absolute Gasteiger partial charge is 0.147 e. The van der Waals surface area contributed by atoms with Crippen LogP contribution in [0.1, 0.15) is 31.2 Å². The molecule has 0 spiro atoms. The van der Waals surface area contributed by atoms with Gasteiger partial charge in [0.15, 0.2) is 0 Å². The van der Waals surface area contributed by atoms with Crippen LogP contribution < -0.4 is 10.1 Å². The molecule has 148 valence electrons. The van der Waals surface area contributed by atoms with E-state index in [9.17, 15) is 0 Å². The zero-order chi connectivity index (χ0) is 19.2. The van der Waals surface area contributed by atoms with Crippen molar-refractivity contribution in [2.75, 3.05) is 31.6 Å². The Morgan fingerprint density at radius 1 is 1.11 bits per heavy atom. The number of fused-ring (bicyclic) bond motifs is 1. The second kappa shape index (κ2) is 9.72. The number of rotatable bonds is 8. The fourth-order valence-electron chi connectivity index (χ4n) is 3.62. The van der Waals surface area contributed by atoms with Gasteiger partial charge < -0.3 is 10.1 Å². The molecular weight excluding hydrogens is 434 g/mol. The van der Waals surface area contributed by atoms with Crippen LogP contribution in [-0.4, -0.2) is 35.5 Å². The molecule has 1 saturated heterocycles. The highest BCUT2D eigenvalue weighted by Gasteiger charge is 2.10. The van der Waals surface area contributed by atoms with E-state index in [2.05, 4.69) is 73.0 Å². The number of anilines is 1. The number of likely N-dealkylation sites (tertiary alicyclic amines) is 1. The van der Waals surface area contributed by atoms with E-state index in [0.717, 1.165) is 35.6 Å². The maximum Gasteiger partial charge on any atom is 0.147 e. The Hall–Kier alpha value is -1.63. The lowest BCUT2D eigenvalue weighted by atomic mass is 10.1. The van der Waals surface area contributed by atoms with Crippen molar-refractivity contribution in [3.63, 3.8) is 0 Å². The van der Waals surface area contributed by atoms with E-state index in [1.165, 1.54) is 59.5 Å². The summed E-state index contributed by atoms with van der Waals surface area (Å²) in [7, 11) is 0. The van der Waals surface area contributed by atoms with E-state index in [4.69, 9.17) is 4.74 Å². The van der Waals surface area contributed by atoms with Crippen molar-refractivity contribution in [2.45, 2.75) is 32.2 Å². The van der Waals surface area contributed by atoms with Crippen LogP contribution in [0, 0.1) is 0 Å². The number of halogens is 1. The van der Waals surface area contributed by atoms with Crippen LogP contribution in [0.3, 0.4) is 0 Å². The molecule has 0 bridgehead atoms. The van der Waals surface area contributed by atoms with Crippen LogP contribution in [0.25, 0.3) is 10.1 Å². The summed E-state index contributed by atoms with van der Waals surface area (Å²) in [4.78, 5) is 2.54. The first-order valence-corrected chi connectivity index (χ1v) is 11.6. The molecule has 0 radical (unpaired) electrons.